The lowest BCUT2D eigenvalue weighted by Gasteiger charge is -2.25. The molecule has 2 atom stereocenters. The highest BCUT2D eigenvalue weighted by atomic mass is 16.5. The molecule has 0 unspecified atom stereocenters. The third-order valence-electron chi connectivity index (χ3n) is 3.84. The fourth-order valence-corrected chi connectivity index (χ4v) is 2.57. The number of hydrogen-bond acceptors (Lipinski definition) is 5. The van der Waals surface area contributed by atoms with Crippen molar-refractivity contribution in [3.05, 3.63) is 35.9 Å². The van der Waals surface area contributed by atoms with Crippen LogP contribution in [0, 0.1) is 11.8 Å². The fourth-order valence-electron chi connectivity index (χ4n) is 2.57. The Balaban J connectivity index is 2.68. The van der Waals surface area contributed by atoms with Crippen LogP contribution in [0.2, 0.25) is 0 Å². The number of rotatable bonds is 10. The first-order valence-electron chi connectivity index (χ1n) is 9.17. The van der Waals surface area contributed by atoms with Gasteiger partial charge in [-0.2, -0.15) is 0 Å². The SMILES string of the molecule is CC(C)C[C@H](NC(=O)[C@@H](CC(C)C)NC(=O)OCc1ccccc1)C(=O)[O-]. The van der Waals surface area contributed by atoms with E-state index >= 15 is 0 Å². The van der Waals surface area contributed by atoms with Crippen molar-refractivity contribution in [3.63, 3.8) is 0 Å². The molecule has 0 saturated carbocycles. The van der Waals surface area contributed by atoms with Crippen molar-refractivity contribution in [2.24, 2.45) is 11.8 Å². The summed E-state index contributed by atoms with van der Waals surface area (Å²) >= 11 is 0. The second-order valence-corrected chi connectivity index (χ2v) is 7.40. The Labute approximate surface area is 160 Å². The zero-order valence-electron chi connectivity index (χ0n) is 16.4. The minimum absolute atomic E-state index is 0.0699. The molecule has 0 saturated heterocycles. The van der Waals surface area contributed by atoms with E-state index in [0.717, 1.165) is 5.56 Å². The number of hydrogen-bond donors (Lipinski definition) is 2. The molecular weight excluding hydrogens is 348 g/mol. The fraction of sp³-hybridized carbons (Fsp3) is 0.550. The average molecular weight is 377 g/mol. The number of carboxylic acids is 1. The molecule has 2 N–H and O–H groups in total. The van der Waals surface area contributed by atoms with Crippen molar-refractivity contribution in [1.82, 2.24) is 10.6 Å². The summed E-state index contributed by atoms with van der Waals surface area (Å²) in [5.41, 5.74) is 0.825. The predicted octanol–water partition coefficient (Wildman–Crippen LogP) is 1.61. The molecule has 7 nitrogen and oxygen atoms in total. The Morgan fingerprint density at radius 3 is 2.00 bits per heavy atom. The Hall–Kier alpha value is -2.57. The normalized spacial score (nSPS) is 13.1. The van der Waals surface area contributed by atoms with Gasteiger partial charge >= 0.3 is 6.09 Å². The van der Waals surface area contributed by atoms with E-state index in [4.69, 9.17) is 4.74 Å². The molecule has 0 bridgehead atoms. The minimum atomic E-state index is -1.34. The van der Waals surface area contributed by atoms with Crippen LogP contribution in [0.25, 0.3) is 0 Å². The largest absolute Gasteiger partial charge is 0.548 e. The Kier molecular flexibility index (Phi) is 9.33. The van der Waals surface area contributed by atoms with E-state index in [1.165, 1.54) is 0 Å². The maximum atomic E-state index is 12.5. The summed E-state index contributed by atoms with van der Waals surface area (Å²) in [6.07, 6.45) is -0.122. The molecule has 27 heavy (non-hydrogen) atoms. The zero-order valence-corrected chi connectivity index (χ0v) is 16.4. The van der Waals surface area contributed by atoms with Gasteiger partial charge in [0.25, 0.3) is 0 Å². The number of aliphatic carboxylic acids is 1. The third-order valence-corrected chi connectivity index (χ3v) is 3.84. The lowest BCUT2D eigenvalue weighted by atomic mass is 10.0. The van der Waals surface area contributed by atoms with Crippen LogP contribution < -0.4 is 15.7 Å². The molecule has 7 heteroatoms. The molecule has 0 radical (unpaired) electrons. The lowest BCUT2D eigenvalue weighted by molar-refractivity contribution is -0.308. The van der Waals surface area contributed by atoms with E-state index in [9.17, 15) is 19.5 Å². The van der Waals surface area contributed by atoms with Gasteiger partial charge < -0.3 is 25.3 Å². The van der Waals surface area contributed by atoms with E-state index in [1.807, 2.05) is 58.0 Å². The van der Waals surface area contributed by atoms with Crippen molar-refractivity contribution in [2.45, 2.75) is 59.2 Å². The van der Waals surface area contributed by atoms with Crippen molar-refractivity contribution in [1.29, 1.82) is 0 Å². The molecule has 1 rings (SSSR count). The van der Waals surface area contributed by atoms with Gasteiger partial charge in [-0.05, 0) is 30.2 Å². The molecule has 150 valence electrons. The number of amides is 2. The summed E-state index contributed by atoms with van der Waals surface area (Å²) in [5, 5.41) is 16.2. The summed E-state index contributed by atoms with van der Waals surface area (Å²) in [5.74, 6) is -1.72. The van der Waals surface area contributed by atoms with Gasteiger partial charge in [-0.25, -0.2) is 4.79 Å². The van der Waals surface area contributed by atoms with Gasteiger partial charge in [0.1, 0.15) is 12.6 Å². The maximum absolute atomic E-state index is 12.5. The van der Waals surface area contributed by atoms with Crippen molar-refractivity contribution < 1.29 is 24.2 Å². The highest BCUT2D eigenvalue weighted by Gasteiger charge is 2.25. The van der Waals surface area contributed by atoms with Gasteiger partial charge in [-0.15, -0.1) is 0 Å². The zero-order chi connectivity index (χ0) is 20.4. The smallest absolute Gasteiger partial charge is 0.408 e. The molecular formula is C20H29N2O5-. The molecule has 0 fully saturated rings. The maximum Gasteiger partial charge on any atom is 0.408 e. The van der Waals surface area contributed by atoms with E-state index < -0.39 is 30.1 Å². The molecule has 0 aromatic heterocycles. The highest BCUT2D eigenvalue weighted by Crippen LogP contribution is 2.09. The third kappa shape index (κ3) is 9.08. The van der Waals surface area contributed by atoms with Gasteiger partial charge in [0.15, 0.2) is 0 Å². The molecule has 0 spiro atoms. The van der Waals surface area contributed by atoms with Gasteiger partial charge in [0, 0.05) is 0 Å². The Morgan fingerprint density at radius 2 is 1.48 bits per heavy atom. The van der Waals surface area contributed by atoms with E-state index in [-0.39, 0.29) is 24.9 Å². The molecule has 2 amide bonds. The van der Waals surface area contributed by atoms with Crippen LogP contribution in [0.3, 0.4) is 0 Å². The van der Waals surface area contributed by atoms with Crippen LogP contribution in [-0.4, -0.2) is 30.1 Å². The van der Waals surface area contributed by atoms with Crippen molar-refractivity contribution >= 4 is 18.0 Å². The topological polar surface area (TPSA) is 108 Å². The number of alkyl carbamates (subject to hydrolysis) is 1. The molecule has 1 aromatic rings. The van der Waals surface area contributed by atoms with Crippen LogP contribution in [0.5, 0.6) is 0 Å². The number of benzene rings is 1. The van der Waals surface area contributed by atoms with Crippen molar-refractivity contribution in [2.75, 3.05) is 0 Å². The summed E-state index contributed by atoms with van der Waals surface area (Å²) in [7, 11) is 0. The quantitative estimate of drug-likeness (QED) is 0.644. The molecule has 0 aliphatic rings. The predicted molar refractivity (Wildman–Crippen MR) is 99.4 cm³/mol. The molecule has 0 aliphatic heterocycles. The second kappa shape index (κ2) is 11.2. The molecule has 1 aromatic carbocycles. The molecule has 0 heterocycles. The summed E-state index contributed by atoms with van der Waals surface area (Å²) < 4.78 is 5.15. The monoisotopic (exact) mass is 377 g/mol. The van der Waals surface area contributed by atoms with E-state index in [1.54, 1.807) is 0 Å². The van der Waals surface area contributed by atoms with Crippen LogP contribution >= 0.6 is 0 Å². The van der Waals surface area contributed by atoms with Gasteiger partial charge in [0.2, 0.25) is 5.91 Å². The first kappa shape index (κ1) is 22.5. The minimum Gasteiger partial charge on any atom is -0.548 e. The number of carbonyl (C=O) groups excluding carboxylic acids is 3. The van der Waals surface area contributed by atoms with Crippen LogP contribution in [0.15, 0.2) is 30.3 Å². The Bertz CT molecular complexity index is 616. The highest BCUT2D eigenvalue weighted by molar-refractivity contribution is 5.88. The van der Waals surface area contributed by atoms with Gasteiger partial charge in [-0.3, -0.25) is 4.79 Å². The number of carboxylic acid groups (broad SMARTS) is 1. The average Bonchev–Trinajstić information content (AvgIpc) is 2.58. The second-order valence-electron chi connectivity index (χ2n) is 7.40. The first-order chi connectivity index (χ1) is 12.7. The number of nitrogens with one attached hydrogen (secondary N) is 2. The molecule has 0 aliphatic carbocycles. The standard InChI is InChI=1S/C20H30N2O5/c1-13(2)10-16(18(23)21-17(19(24)25)11-14(3)4)22-20(26)27-12-15-8-6-5-7-9-15/h5-9,13-14,16-17H,10-12H2,1-4H3,(H,21,23)(H,22,26)(H,24,25)/p-1/t16-,17+/m1/s1. The number of carbonyl (C=O) groups is 3. The summed E-state index contributed by atoms with van der Waals surface area (Å²) in [6, 6.07) is 7.18. The first-order valence-corrected chi connectivity index (χ1v) is 9.17. The summed E-state index contributed by atoms with van der Waals surface area (Å²) in [6.45, 7) is 7.60. The van der Waals surface area contributed by atoms with Crippen LogP contribution in [-0.2, 0) is 20.9 Å². The lowest BCUT2D eigenvalue weighted by Crippen LogP contribution is -2.55. The van der Waals surface area contributed by atoms with E-state index in [0.29, 0.717) is 6.42 Å². The van der Waals surface area contributed by atoms with Crippen LogP contribution in [0.1, 0.15) is 46.1 Å². The summed E-state index contributed by atoms with van der Waals surface area (Å²) in [4.78, 5) is 35.8. The number of ether oxygens (including phenoxy) is 1. The van der Waals surface area contributed by atoms with Gasteiger partial charge in [-0.1, -0.05) is 58.0 Å². The van der Waals surface area contributed by atoms with Gasteiger partial charge in [0.05, 0.1) is 12.0 Å². The van der Waals surface area contributed by atoms with E-state index in [2.05, 4.69) is 10.6 Å². The van der Waals surface area contributed by atoms with Crippen LogP contribution in [0.4, 0.5) is 4.79 Å². The van der Waals surface area contributed by atoms with Crippen molar-refractivity contribution in [3.8, 4) is 0 Å². The Morgan fingerprint density at radius 1 is 0.926 bits per heavy atom.